The Morgan fingerprint density at radius 2 is 1.94 bits per heavy atom. The lowest BCUT2D eigenvalue weighted by Crippen LogP contribution is -2.12. The van der Waals surface area contributed by atoms with Crippen LogP contribution in [0.4, 0.5) is 0 Å². The first kappa shape index (κ1) is 14.2. The molecule has 0 unspecified atom stereocenters. The maximum Gasteiger partial charge on any atom is 0.309 e. The first-order valence-electron chi connectivity index (χ1n) is 6.12. The van der Waals surface area contributed by atoms with Crippen molar-refractivity contribution in [2.24, 2.45) is 0 Å². The van der Waals surface area contributed by atoms with E-state index in [4.69, 9.17) is 4.74 Å². The van der Waals surface area contributed by atoms with Crippen LogP contribution in [0.5, 0.6) is 0 Å². The SMILES string of the molecule is O=[C]NCCCCCC(=O)OCc1ccccc1. The third-order valence-electron chi connectivity index (χ3n) is 2.50. The summed E-state index contributed by atoms with van der Waals surface area (Å²) in [6.45, 7) is 0.948. The largest absolute Gasteiger partial charge is 0.461 e. The molecule has 0 aromatic heterocycles. The van der Waals surface area contributed by atoms with Crippen molar-refractivity contribution in [2.45, 2.75) is 32.3 Å². The van der Waals surface area contributed by atoms with Gasteiger partial charge in [0.25, 0.3) is 0 Å². The highest BCUT2D eigenvalue weighted by atomic mass is 16.5. The van der Waals surface area contributed by atoms with Crippen LogP contribution in [0.15, 0.2) is 30.3 Å². The summed E-state index contributed by atoms with van der Waals surface area (Å²) in [4.78, 5) is 21.3. The molecule has 1 amide bonds. The summed E-state index contributed by atoms with van der Waals surface area (Å²) in [6.07, 6.45) is 4.59. The van der Waals surface area contributed by atoms with Crippen LogP contribution in [0.1, 0.15) is 31.2 Å². The van der Waals surface area contributed by atoms with E-state index in [-0.39, 0.29) is 5.97 Å². The molecule has 18 heavy (non-hydrogen) atoms. The minimum atomic E-state index is -0.172. The van der Waals surface area contributed by atoms with Crippen molar-refractivity contribution < 1.29 is 14.3 Å². The van der Waals surface area contributed by atoms with Gasteiger partial charge in [-0.05, 0) is 18.4 Å². The van der Waals surface area contributed by atoms with Crippen LogP contribution in [-0.4, -0.2) is 18.9 Å². The molecule has 0 aliphatic carbocycles. The van der Waals surface area contributed by atoms with E-state index >= 15 is 0 Å². The number of benzene rings is 1. The molecule has 1 aromatic rings. The highest BCUT2D eigenvalue weighted by Gasteiger charge is 2.02. The van der Waals surface area contributed by atoms with Gasteiger partial charge in [-0.15, -0.1) is 0 Å². The number of hydrogen-bond acceptors (Lipinski definition) is 3. The second-order valence-electron chi connectivity index (χ2n) is 3.99. The van der Waals surface area contributed by atoms with Crippen LogP contribution in [0.25, 0.3) is 0 Å². The van der Waals surface area contributed by atoms with Crippen molar-refractivity contribution in [1.29, 1.82) is 0 Å². The van der Waals surface area contributed by atoms with Gasteiger partial charge >= 0.3 is 12.4 Å². The summed E-state index contributed by atoms with van der Waals surface area (Å²) in [7, 11) is 0. The summed E-state index contributed by atoms with van der Waals surface area (Å²) >= 11 is 0. The molecule has 0 bridgehead atoms. The summed E-state index contributed by atoms with van der Waals surface area (Å²) in [5.74, 6) is -0.172. The van der Waals surface area contributed by atoms with Crippen molar-refractivity contribution in [3.63, 3.8) is 0 Å². The van der Waals surface area contributed by atoms with Crippen LogP contribution in [0.3, 0.4) is 0 Å². The lowest BCUT2D eigenvalue weighted by molar-refractivity contribution is -0.145. The highest BCUT2D eigenvalue weighted by Crippen LogP contribution is 2.04. The summed E-state index contributed by atoms with van der Waals surface area (Å²) in [5.41, 5.74) is 0.997. The highest BCUT2D eigenvalue weighted by molar-refractivity contribution is 5.69. The van der Waals surface area contributed by atoms with Gasteiger partial charge in [0.15, 0.2) is 0 Å². The summed E-state index contributed by atoms with van der Waals surface area (Å²) in [5, 5.41) is 2.46. The number of unbranched alkanes of at least 4 members (excludes halogenated alkanes) is 2. The van der Waals surface area contributed by atoms with E-state index in [1.807, 2.05) is 30.3 Å². The molecule has 0 heterocycles. The van der Waals surface area contributed by atoms with Gasteiger partial charge in [-0.25, -0.2) is 0 Å². The van der Waals surface area contributed by atoms with Gasteiger partial charge in [-0.3, -0.25) is 9.59 Å². The molecule has 0 saturated heterocycles. The van der Waals surface area contributed by atoms with Gasteiger partial charge in [-0.1, -0.05) is 36.8 Å². The Morgan fingerprint density at radius 1 is 1.17 bits per heavy atom. The molecular formula is C14H18NO3. The fourth-order valence-electron chi connectivity index (χ4n) is 1.52. The average Bonchev–Trinajstić information content (AvgIpc) is 2.41. The van der Waals surface area contributed by atoms with Crippen LogP contribution in [0.2, 0.25) is 0 Å². The quantitative estimate of drug-likeness (QED) is 0.413. The predicted molar refractivity (Wildman–Crippen MR) is 68.4 cm³/mol. The van der Waals surface area contributed by atoms with E-state index in [1.165, 1.54) is 0 Å². The number of carbonyl (C=O) groups is 1. The topological polar surface area (TPSA) is 55.4 Å². The number of amides is 1. The number of carbonyl (C=O) groups excluding carboxylic acids is 2. The summed E-state index contributed by atoms with van der Waals surface area (Å²) in [6, 6.07) is 9.61. The zero-order chi connectivity index (χ0) is 13.1. The van der Waals surface area contributed by atoms with E-state index < -0.39 is 0 Å². The van der Waals surface area contributed by atoms with E-state index in [0.717, 1.165) is 24.8 Å². The minimum absolute atomic E-state index is 0.172. The molecule has 0 saturated carbocycles. The third kappa shape index (κ3) is 6.68. The van der Waals surface area contributed by atoms with Gasteiger partial charge in [0.05, 0.1) is 0 Å². The van der Waals surface area contributed by atoms with Crippen molar-refractivity contribution >= 4 is 12.4 Å². The summed E-state index contributed by atoms with van der Waals surface area (Å²) < 4.78 is 5.14. The Bertz CT molecular complexity index is 351. The Labute approximate surface area is 107 Å². The number of hydrogen-bond donors (Lipinski definition) is 1. The van der Waals surface area contributed by atoms with E-state index in [1.54, 1.807) is 6.41 Å². The molecule has 4 heteroatoms. The standard InChI is InChI=1S/C14H18NO3/c16-12-15-10-6-2-5-9-14(17)18-11-13-7-3-1-4-8-13/h1,3-4,7-8H,2,5-6,9-11H2,(H,15,16). The molecule has 97 valence electrons. The molecule has 0 aliphatic heterocycles. The van der Waals surface area contributed by atoms with Crippen LogP contribution in [-0.2, 0) is 20.9 Å². The maximum atomic E-state index is 11.4. The molecule has 1 radical (unpaired) electrons. The van der Waals surface area contributed by atoms with Gasteiger partial charge in [0.2, 0.25) is 0 Å². The Morgan fingerprint density at radius 3 is 2.67 bits per heavy atom. The number of esters is 1. The second kappa shape index (κ2) is 9.22. The van der Waals surface area contributed by atoms with Crippen molar-refractivity contribution in [1.82, 2.24) is 5.32 Å². The maximum absolute atomic E-state index is 11.4. The fraction of sp³-hybridized carbons (Fsp3) is 0.429. The van der Waals surface area contributed by atoms with Gasteiger partial charge in [0.1, 0.15) is 6.61 Å². The van der Waals surface area contributed by atoms with Crippen LogP contribution >= 0.6 is 0 Å². The third-order valence-corrected chi connectivity index (χ3v) is 2.50. The van der Waals surface area contributed by atoms with E-state index in [2.05, 4.69) is 5.32 Å². The Balaban J connectivity index is 2.02. The molecule has 1 aromatic carbocycles. The molecule has 0 spiro atoms. The first-order chi connectivity index (χ1) is 8.83. The average molecular weight is 248 g/mol. The number of nitrogens with one attached hydrogen (secondary N) is 1. The molecule has 1 rings (SSSR count). The molecule has 4 nitrogen and oxygen atoms in total. The normalized spacial score (nSPS) is 9.78. The Kier molecular flexibility index (Phi) is 7.28. The predicted octanol–water partition coefficient (Wildman–Crippen LogP) is 1.95. The van der Waals surface area contributed by atoms with Crippen LogP contribution < -0.4 is 5.32 Å². The molecular weight excluding hydrogens is 230 g/mol. The lowest BCUT2D eigenvalue weighted by atomic mass is 10.2. The molecule has 0 fully saturated rings. The zero-order valence-corrected chi connectivity index (χ0v) is 10.4. The number of rotatable bonds is 9. The van der Waals surface area contributed by atoms with E-state index in [9.17, 15) is 9.59 Å². The monoisotopic (exact) mass is 248 g/mol. The number of ether oxygens (including phenoxy) is 1. The van der Waals surface area contributed by atoms with Gasteiger partial charge in [-0.2, -0.15) is 0 Å². The Hall–Kier alpha value is -1.84. The van der Waals surface area contributed by atoms with Crippen molar-refractivity contribution in [3.05, 3.63) is 35.9 Å². The zero-order valence-electron chi connectivity index (χ0n) is 10.4. The lowest BCUT2D eigenvalue weighted by Gasteiger charge is -2.04. The minimum Gasteiger partial charge on any atom is -0.461 e. The first-order valence-corrected chi connectivity index (χ1v) is 6.12. The van der Waals surface area contributed by atoms with Crippen molar-refractivity contribution in [3.8, 4) is 0 Å². The van der Waals surface area contributed by atoms with Crippen molar-refractivity contribution in [2.75, 3.05) is 6.54 Å². The second-order valence-corrected chi connectivity index (χ2v) is 3.99. The van der Waals surface area contributed by atoms with E-state index in [0.29, 0.717) is 19.6 Å². The van der Waals surface area contributed by atoms with Crippen LogP contribution in [0, 0.1) is 0 Å². The van der Waals surface area contributed by atoms with Gasteiger partial charge in [0, 0.05) is 13.0 Å². The fourth-order valence-corrected chi connectivity index (χ4v) is 1.52. The molecule has 1 N–H and O–H groups in total. The molecule has 0 atom stereocenters. The smallest absolute Gasteiger partial charge is 0.309 e. The molecule has 0 aliphatic rings. The van der Waals surface area contributed by atoms with Gasteiger partial charge < -0.3 is 10.1 Å².